The monoisotopic (exact) mass is 256 g/mol. The normalized spacial score (nSPS) is 11.5. The summed E-state index contributed by atoms with van der Waals surface area (Å²) in [6.07, 6.45) is 0. The van der Waals surface area contributed by atoms with Crippen LogP contribution in [0.2, 0.25) is 0 Å². The number of anilines is 1. The number of nitrogens with zero attached hydrogens (tertiary/aromatic N) is 2. The maximum absolute atomic E-state index is 4.40. The van der Waals surface area contributed by atoms with Gasteiger partial charge in [-0.3, -0.25) is 0 Å². The Morgan fingerprint density at radius 1 is 1.36 bits per heavy atom. The Labute approximate surface area is 94.5 Å². The van der Waals surface area contributed by atoms with E-state index in [0.29, 0.717) is 5.41 Å². The highest BCUT2D eigenvalue weighted by Gasteiger charge is 2.14. The first-order valence-corrected chi connectivity index (χ1v) is 5.51. The molecule has 0 amide bonds. The second-order valence-corrected chi connectivity index (χ2v) is 5.55. The van der Waals surface area contributed by atoms with E-state index in [0.717, 1.165) is 17.0 Å². The highest BCUT2D eigenvalue weighted by molar-refractivity contribution is 9.10. The molecule has 0 saturated heterocycles. The molecule has 3 heteroatoms. The Balaban J connectivity index is 2.74. The van der Waals surface area contributed by atoms with E-state index in [4.69, 9.17) is 0 Å². The van der Waals surface area contributed by atoms with Gasteiger partial charge in [0, 0.05) is 13.6 Å². The Hall–Kier alpha value is -0.570. The van der Waals surface area contributed by atoms with Crippen molar-refractivity contribution >= 4 is 21.7 Å². The van der Waals surface area contributed by atoms with Crippen molar-refractivity contribution in [1.29, 1.82) is 0 Å². The van der Waals surface area contributed by atoms with Crippen LogP contribution in [0.25, 0.3) is 0 Å². The average Bonchev–Trinajstić information content (AvgIpc) is 2.01. The zero-order valence-electron chi connectivity index (χ0n) is 9.21. The standard InChI is InChI=1S/C11H17BrN2/c1-11(2,3)8-14(4)10-7-5-6-9(12)13-10/h5-7H,8H2,1-4H3. The Morgan fingerprint density at radius 2 is 2.00 bits per heavy atom. The van der Waals surface area contributed by atoms with Crippen molar-refractivity contribution in [3.05, 3.63) is 22.8 Å². The van der Waals surface area contributed by atoms with Crippen molar-refractivity contribution in [2.75, 3.05) is 18.5 Å². The molecule has 0 fully saturated rings. The number of hydrogen-bond acceptors (Lipinski definition) is 2. The summed E-state index contributed by atoms with van der Waals surface area (Å²) in [7, 11) is 2.07. The van der Waals surface area contributed by atoms with Crippen LogP contribution in [-0.4, -0.2) is 18.6 Å². The number of hydrogen-bond donors (Lipinski definition) is 0. The summed E-state index contributed by atoms with van der Waals surface area (Å²) >= 11 is 3.37. The van der Waals surface area contributed by atoms with Crippen molar-refractivity contribution in [3.8, 4) is 0 Å². The Kier molecular flexibility index (Phi) is 3.53. The van der Waals surface area contributed by atoms with E-state index in [9.17, 15) is 0 Å². The van der Waals surface area contributed by atoms with E-state index in [2.05, 4.69) is 53.6 Å². The highest BCUT2D eigenvalue weighted by Crippen LogP contribution is 2.19. The predicted octanol–water partition coefficient (Wildman–Crippen LogP) is 3.33. The molecule has 0 aliphatic carbocycles. The number of halogens is 1. The Morgan fingerprint density at radius 3 is 2.50 bits per heavy atom. The molecule has 78 valence electrons. The van der Waals surface area contributed by atoms with E-state index >= 15 is 0 Å². The molecule has 0 aliphatic heterocycles. The minimum Gasteiger partial charge on any atom is -0.359 e. The minimum absolute atomic E-state index is 0.290. The average molecular weight is 257 g/mol. The van der Waals surface area contributed by atoms with Crippen molar-refractivity contribution in [3.63, 3.8) is 0 Å². The molecule has 0 aromatic carbocycles. The van der Waals surface area contributed by atoms with Gasteiger partial charge < -0.3 is 4.90 Å². The zero-order chi connectivity index (χ0) is 10.8. The lowest BCUT2D eigenvalue weighted by Crippen LogP contribution is -2.29. The molecular weight excluding hydrogens is 240 g/mol. The lowest BCUT2D eigenvalue weighted by molar-refractivity contribution is 0.418. The summed E-state index contributed by atoms with van der Waals surface area (Å²) in [6.45, 7) is 7.67. The van der Waals surface area contributed by atoms with Gasteiger partial charge in [-0.25, -0.2) is 4.98 Å². The smallest absolute Gasteiger partial charge is 0.129 e. The lowest BCUT2D eigenvalue weighted by atomic mass is 9.96. The molecule has 1 aromatic heterocycles. The van der Waals surface area contributed by atoms with Gasteiger partial charge in [0.1, 0.15) is 10.4 Å². The first kappa shape index (κ1) is 11.5. The number of pyridine rings is 1. The molecule has 0 spiro atoms. The lowest BCUT2D eigenvalue weighted by Gasteiger charge is -2.27. The van der Waals surface area contributed by atoms with Crippen LogP contribution in [0.5, 0.6) is 0 Å². The summed E-state index contributed by atoms with van der Waals surface area (Å²) < 4.78 is 0.885. The summed E-state index contributed by atoms with van der Waals surface area (Å²) in [4.78, 5) is 6.57. The summed E-state index contributed by atoms with van der Waals surface area (Å²) in [5, 5.41) is 0. The third kappa shape index (κ3) is 3.66. The maximum atomic E-state index is 4.40. The molecule has 0 radical (unpaired) electrons. The summed E-state index contributed by atoms with van der Waals surface area (Å²) in [5.74, 6) is 1.01. The molecule has 0 bridgehead atoms. The quantitative estimate of drug-likeness (QED) is 0.755. The van der Waals surface area contributed by atoms with Gasteiger partial charge in [0.2, 0.25) is 0 Å². The van der Waals surface area contributed by atoms with Crippen LogP contribution in [0.15, 0.2) is 22.8 Å². The van der Waals surface area contributed by atoms with Crippen LogP contribution in [-0.2, 0) is 0 Å². The van der Waals surface area contributed by atoms with E-state index in [-0.39, 0.29) is 0 Å². The van der Waals surface area contributed by atoms with E-state index in [1.54, 1.807) is 0 Å². The SMILES string of the molecule is CN(CC(C)(C)C)c1cccc(Br)n1. The van der Waals surface area contributed by atoms with Crippen molar-refractivity contribution in [2.24, 2.45) is 5.41 Å². The predicted molar refractivity (Wildman–Crippen MR) is 64.7 cm³/mol. The van der Waals surface area contributed by atoms with Gasteiger partial charge in [0.05, 0.1) is 0 Å². The van der Waals surface area contributed by atoms with Crippen LogP contribution in [0.1, 0.15) is 20.8 Å². The van der Waals surface area contributed by atoms with E-state index < -0.39 is 0 Å². The number of aromatic nitrogens is 1. The van der Waals surface area contributed by atoms with Gasteiger partial charge in [0.25, 0.3) is 0 Å². The first-order chi connectivity index (χ1) is 6.38. The maximum Gasteiger partial charge on any atom is 0.129 e. The molecule has 0 aliphatic rings. The fourth-order valence-corrected chi connectivity index (χ4v) is 1.74. The van der Waals surface area contributed by atoms with E-state index in [1.807, 2.05) is 18.2 Å². The van der Waals surface area contributed by atoms with Crippen LogP contribution < -0.4 is 4.90 Å². The highest BCUT2D eigenvalue weighted by atomic mass is 79.9. The third-order valence-corrected chi connectivity index (χ3v) is 2.24. The van der Waals surface area contributed by atoms with Crippen molar-refractivity contribution < 1.29 is 0 Å². The Bertz CT molecular complexity index is 304. The van der Waals surface area contributed by atoms with Gasteiger partial charge in [-0.05, 0) is 33.5 Å². The van der Waals surface area contributed by atoms with Crippen molar-refractivity contribution in [2.45, 2.75) is 20.8 Å². The van der Waals surface area contributed by atoms with E-state index in [1.165, 1.54) is 0 Å². The molecule has 1 rings (SSSR count). The molecule has 0 N–H and O–H groups in total. The van der Waals surface area contributed by atoms with Crippen LogP contribution in [0, 0.1) is 5.41 Å². The topological polar surface area (TPSA) is 16.1 Å². The fourth-order valence-electron chi connectivity index (χ4n) is 1.40. The van der Waals surface area contributed by atoms with Gasteiger partial charge in [-0.1, -0.05) is 26.8 Å². The second-order valence-electron chi connectivity index (χ2n) is 4.74. The first-order valence-electron chi connectivity index (χ1n) is 4.72. The van der Waals surface area contributed by atoms with Crippen LogP contribution >= 0.6 is 15.9 Å². The zero-order valence-corrected chi connectivity index (χ0v) is 10.8. The van der Waals surface area contributed by atoms with Gasteiger partial charge in [-0.15, -0.1) is 0 Å². The number of rotatable bonds is 2. The van der Waals surface area contributed by atoms with Gasteiger partial charge in [0.15, 0.2) is 0 Å². The molecular formula is C11H17BrN2. The molecule has 0 saturated carbocycles. The molecule has 2 nitrogen and oxygen atoms in total. The summed E-state index contributed by atoms with van der Waals surface area (Å²) in [6, 6.07) is 5.97. The fraction of sp³-hybridized carbons (Fsp3) is 0.545. The van der Waals surface area contributed by atoms with Crippen LogP contribution in [0.4, 0.5) is 5.82 Å². The molecule has 14 heavy (non-hydrogen) atoms. The molecule has 0 unspecified atom stereocenters. The van der Waals surface area contributed by atoms with Gasteiger partial charge in [-0.2, -0.15) is 0 Å². The summed E-state index contributed by atoms with van der Waals surface area (Å²) in [5.41, 5.74) is 0.290. The van der Waals surface area contributed by atoms with Crippen LogP contribution in [0.3, 0.4) is 0 Å². The second kappa shape index (κ2) is 4.30. The molecule has 1 heterocycles. The molecule has 0 atom stereocenters. The van der Waals surface area contributed by atoms with Gasteiger partial charge >= 0.3 is 0 Å². The third-order valence-electron chi connectivity index (χ3n) is 1.80. The largest absolute Gasteiger partial charge is 0.359 e. The van der Waals surface area contributed by atoms with Crippen molar-refractivity contribution in [1.82, 2.24) is 4.98 Å². The molecule has 1 aromatic rings. The minimum atomic E-state index is 0.290.